The second-order valence-electron chi connectivity index (χ2n) is 7.12. The lowest BCUT2D eigenvalue weighted by Crippen LogP contribution is -2.24. The Morgan fingerprint density at radius 1 is 1.03 bits per heavy atom. The van der Waals surface area contributed by atoms with E-state index in [4.69, 9.17) is 0 Å². The van der Waals surface area contributed by atoms with Crippen molar-refractivity contribution < 1.29 is 9.59 Å². The van der Waals surface area contributed by atoms with E-state index in [2.05, 4.69) is 34.7 Å². The van der Waals surface area contributed by atoms with Gasteiger partial charge in [0, 0.05) is 18.3 Å². The number of carbonyl (C=O) groups excluding carboxylic acids is 2. The number of thioether (sulfide) groups is 1. The van der Waals surface area contributed by atoms with Gasteiger partial charge < -0.3 is 15.2 Å². The first-order chi connectivity index (χ1) is 14.4. The number of rotatable bonds is 8. The number of benzene rings is 2. The van der Waals surface area contributed by atoms with Crippen molar-refractivity contribution in [1.29, 1.82) is 0 Å². The van der Waals surface area contributed by atoms with Gasteiger partial charge in [-0.2, -0.15) is 0 Å². The van der Waals surface area contributed by atoms with Crippen LogP contribution in [0.4, 0.5) is 5.69 Å². The number of nitrogens with one attached hydrogen (secondary N) is 2. The smallest absolute Gasteiger partial charge is 0.251 e. The first-order valence-corrected chi connectivity index (χ1v) is 10.7. The normalized spacial score (nSPS) is 10.8. The van der Waals surface area contributed by atoms with E-state index >= 15 is 0 Å². The molecular formula is C22H25N5O2S. The van der Waals surface area contributed by atoms with Gasteiger partial charge in [0.15, 0.2) is 11.0 Å². The third kappa shape index (κ3) is 5.70. The summed E-state index contributed by atoms with van der Waals surface area (Å²) in [6.07, 6.45) is 0. The second-order valence-corrected chi connectivity index (χ2v) is 8.06. The molecule has 0 spiro atoms. The summed E-state index contributed by atoms with van der Waals surface area (Å²) < 4.78 is 1.78. The Balaban J connectivity index is 1.49. The standard InChI is InChI=1S/C22H25N5O2S/c1-15(2)16-9-11-18(12-10-16)24-20(28)14-30-22-26-25-19(27(22)3)13-23-21(29)17-7-5-4-6-8-17/h4-12,15H,13-14H2,1-3H3,(H,23,29)(H,24,28). The van der Waals surface area contributed by atoms with E-state index in [-0.39, 0.29) is 24.1 Å². The zero-order valence-corrected chi connectivity index (χ0v) is 18.1. The SMILES string of the molecule is CC(C)c1ccc(NC(=O)CSc2nnc(CNC(=O)c3ccccc3)n2C)cc1. The molecular weight excluding hydrogens is 398 g/mol. The Morgan fingerprint density at radius 3 is 2.40 bits per heavy atom. The monoisotopic (exact) mass is 423 g/mol. The lowest BCUT2D eigenvalue weighted by atomic mass is 10.0. The van der Waals surface area contributed by atoms with Crippen LogP contribution in [-0.4, -0.2) is 32.3 Å². The first-order valence-electron chi connectivity index (χ1n) is 9.68. The summed E-state index contributed by atoms with van der Waals surface area (Å²) in [7, 11) is 1.81. The minimum atomic E-state index is -0.171. The van der Waals surface area contributed by atoms with E-state index in [1.807, 2.05) is 49.5 Å². The molecule has 8 heteroatoms. The fourth-order valence-corrected chi connectivity index (χ4v) is 3.48. The maximum Gasteiger partial charge on any atom is 0.251 e. The summed E-state index contributed by atoms with van der Waals surface area (Å²) in [6, 6.07) is 16.9. The highest BCUT2D eigenvalue weighted by molar-refractivity contribution is 7.99. The van der Waals surface area contributed by atoms with Gasteiger partial charge in [-0.3, -0.25) is 9.59 Å². The van der Waals surface area contributed by atoms with Gasteiger partial charge in [0.2, 0.25) is 5.91 Å². The molecule has 0 bridgehead atoms. The molecule has 0 aliphatic rings. The van der Waals surface area contributed by atoms with Gasteiger partial charge in [-0.1, -0.05) is 55.9 Å². The Bertz CT molecular complexity index is 1000. The Hall–Kier alpha value is -3.13. The summed E-state index contributed by atoms with van der Waals surface area (Å²) in [4.78, 5) is 24.4. The van der Waals surface area contributed by atoms with E-state index in [0.717, 1.165) is 5.69 Å². The minimum absolute atomic E-state index is 0.112. The number of carbonyl (C=O) groups is 2. The maximum absolute atomic E-state index is 12.2. The van der Waals surface area contributed by atoms with E-state index in [1.54, 1.807) is 16.7 Å². The number of hydrogen-bond acceptors (Lipinski definition) is 5. The van der Waals surface area contributed by atoms with Crippen LogP contribution >= 0.6 is 11.8 Å². The molecule has 1 heterocycles. The number of nitrogens with zero attached hydrogens (tertiary/aromatic N) is 3. The summed E-state index contributed by atoms with van der Waals surface area (Å²) in [5, 5.41) is 14.6. The highest BCUT2D eigenvalue weighted by atomic mass is 32.2. The molecule has 2 aromatic carbocycles. The lowest BCUT2D eigenvalue weighted by molar-refractivity contribution is -0.113. The van der Waals surface area contributed by atoms with Crippen molar-refractivity contribution in [2.45, 2.75) is 31.5 Å². The Kier molecular flexibility index (Phi) is 7.24. The van der Waals surface area contributed by atoms with Crippen molar-refractivity contribution in [2.24, 2.45) is 7.05 Å². The van der Waals surface area contributed by atoms with Gasteiger partial charge in [-0.05, 0) is 35.7 Å². The van der Waals surface area contributed by atoms with Gasteiger partial charge in [0.1, 0.15) is 0 Å². The highest BCUT2D eigenvalue weighted by Crippen LogP contribution is 2.19. The third-order valence-corrected chi connectivity index (χ3v) is 5.58. The zero-order chi connectivity index (χ0) is 21.5. The molecule has 0 saturated carbocycles. The predicted octanol–water partition coefficient (Wildman–Crippen LogP) is 3.60. The van der Waals surface area contributed by atoms with Crippen LogP contribution in [0, 0.1) is 0 Å². The van der Waals surface area contributed by atoms with Crippen LogP contribution in [0.5, 0.6) is 0 Å². The van der Waals surface area contributed by atoms with Gasteiger partial charge in [0.25, 0.3) is 5.91 Å². The highest BCUT2D eigenvalue weighted by Gasteiger charge is 2.13. The third-order valence-electron chi connectivity index (χ3n) is 4.56. The number of anilines is 1. The molecule has 30 heavy (non-hydrogen) atoms. The molecule has 2 N–H and O–H groups in total. The number of hydrogen-bond donors (Lipinski definition) is 2. The average molecular weight is 424 g/mol. The van der Waals surface area contributed by atoms with Crippen LogP contribution in [-0.2, 0) is 18.4 Å². The van der Waals surface area contributed by atoms with Crippen LogP contribution in [0.25, 0.3) is 0 Å². The van der Waals surface area contributed by atoms with Gasteiger partial charge in [-0.25, -0.2) is 0 Å². The van der Waals surface area contributed by atoms with Crippen LogP contribution in [0.1, 0.15) is 41.5 Å². The van der Waals surface area contributed by atoms with Crippen LogP contribution in [0.15, 0.2) is 59.8 Å². The molecule has 156 valence electrons. The fourth-order valence-electron chi connectivity index (χ4n) is 2.75. The molecule has 0 saturated heterocycles. The quantitative estimate of drug-likeness (QED) is 0.541. The fraction of sp³-hybridized carbons (Fsp3) is 0.273. The van der Waals surface area contributed by atoms with Crippen molar-refractivity contribution in [3.05, 3.63) is 71.5 Å². The average Bonchev–Trinajstić information content (AvgIpc) is 3.11. The van der Waals surface area contributed by atoms with Crippen LogP contribution in [0.3, 0.4) is 0 Å². The van der Waals surface area contributed by atoms with Gasteiger partial charge in [-0.15, -0.1) is 10.2 Å². The van der Waals surface area contributed by atoms with Crippen molar-refractivity contribution in [3.63, 3.8) is 0 Å². The van der Waals surface area contributed by atoms with Gasteiger partial charge in [0.05, 0.1) is 12.3 Å². The van der Waals surface area contributed by atoms with E-state index < -0.39 is 0 Å². The minimum Gasteiger partial charge on any atom is -0.345 e. The van der Waals surface area contributed by atoms with E-state index in [9.17, 15) is 9.59 Å². The van der Waals surface area contributed by atoms with E-state index in [0.29, 0.717) is 22.5 Å². The van der Waals surface area contributed by atoms with Crippen LogP contribution in [0.2, 0.25) is 0 Å². The second kappa shape index (κ2) is 10.1. The number of aromatic nitrogens is 3. The molecule has 0 fully saturated rings. The lowest BCUT2D eigenvalue weighted by Gasteiger charge is -2.08. The zero-order valence-electron chi connectivity index (χ0n) is 17.3. The van der Waals surface area contributed by atoms with Crippen molar-refractivity contribution in [3.8, 4) is 0 Å². The van der Waals surface area contributed by atoms with Crippen molar-refractivity contribution >= 4 is 29.3 Å². The molecule has 3 rings (SSSR count). The maximum atomic E-state index is 12.2. The molecule has 7 nitrogen and oxygen atoms in total. The summed E-state index contributed by atoms with van der Waals surface area (Å²) in [5.41, 5.74) is 2.59. The summed E-state index contributed by atoms with van der Waals surface area (Å²) in [6.45, 7) is 4.52. The molecule has 0 aliphatic heterocycles. The molecule has 1 aromatic heterocycles. The Morgan fingerprint density at radius 2 is 1.73 bits per heavy atom. The van der Waals surface area contributed by atoms with Crippen molar-refractivity contribution in [2.75, 3.05) is 11.1 Å². The molecule has 0 unspecified atom stereocenters. The summed E-state index contributed by atoms with van der Waals surface area (Å²) in [5.74, 6) is 1.00. The van der Waals surface area contributed by atoms with Crippen molar-refractivity contribution in [1.82, 2.24) is 20.1 Å². The first kappa shape index (κ1) is 21.6. The molecule has 3 aromatic rings. The molecule has 0 aliphatic carbocycles. The number of amides is 2. The summed E-state index contributed by atoms with van der Waals surface area (Å²) >= 11 is 1.30. The largest absolute Gasteiger partial charge is 0.345 e. The molecule has 0 radical (unpaired) electrons. The van der Waals surface area contributed by atoms with E-state index in [1.165, 1.54) is 17.3 Å². The molecule has 2 amide bonds. The van der Waals surface area contributed by atoms with Crippen LogP contribution < -0.4 is 10.6 Å². The molecule has 0 atom stereocenters. The predicted molar refractivity (Wildman–Crippen MR) is 118 cm³/mol. The Labute approximate surface area is 180 Å². The topological polar surface area (TPSA) is 88.9 Å². The van der Waals surface area contributed by atoms with Gasteiger partial charge >= 0.3 is 0 Å².